The molecule has 0 saturated heterocycles. The van der Waals surface area contributed by atoms with Crippen LogP contribution in [0.1, 0.15) is 11.1 Å². The lowest BCUT2D eigenvalue weighted by atomic mass is 10.1. The molecule has 1 aliphatic heterocycles. The normalized spacial score (nSPS) is 14.4. The van der Waals surface area contributed by atoms with Gasteiger partial charge in [0.05, 0.1) is 16.2 Å². The van der Waals surface area contributed by atoms with Crippen LogP contribution in [0.25, 0.3) is 0 Å². The smallest absolute Gasteiger partial charge is 0.269 e. The first-order valence-electron chi connectivity index (χ1n) is 5.24. The lowest BCUT2D eigenvalue weighted by Crippen LogP contribution is -2.31. The number of aryl methyl sites for hydroxylation is 1. The maximum atomic E-state index is 11.6. The Labute approximate surface area is 103 Å². The van der Waals surface area contributed by atoms with Gasteiger partial charge in [-0.2, -0.15) is 0 Å². The van der Waals surface area contributed by atoms with Crippen LogP contribution < -0.4 is 4.90 Å². The average molecular weight is 246 g/mol. The molecular weight excluding hydrogens is 236 g/mol. The lowest BCUT2D eigenvalue weighted by Gasteiger charge is -2.18. The summed E-state index contributed by atoms with van der Waals surface area (Å²) in [5.74, 6) is -0.960. The van der Waals surface area contributed by atoms with Crippen LogP contribution in [0, 0.1) is 24.0 Å². The van der Waals surface area contributed by atoms with E-state index in [0.717, 1.165) is 17.1 Å². The molecule has 6 nitrogen and oxygen atoms in total. The Balaban J connectivity index is 2.64. The SMILES string of the molecule is Cc1ccc([N+](=O)[O-])c(C)c1N1C(=O)C=CC1=O. The van der Waals surface area contributed by atoms with E-state index >= 15 is 0 Å². The van der Waals surface area contributed by atoms with Gasteiger partial charge in [0.1, 0.15) is 0 Å². The van der Waals surface area contributed by atoms with Gasteiger partial charge in [-0.15, -0.1) is 0 Å². The number of amides is 2. The fraction of sp³-hybridized carbons (Fsp3) is 0.167. The second-order valence-electron chi connectivity index (χ2n) is 3.98. The second-order valence-corrected chi connectivity index (χ2v) is 3.98. The number of benzene rings is 1. The first-order valence-corrected chi connectivity index (χ1v) is 5.24. The van der Waals surface area contributed by atoms with Crippen LogP contribution >= 0.6 is 0 Å². The zero-order chi connectivity index (χ0) is 13.4. The largest absolute Gasteiger partial charge is 0.274 e. The Bertz CT molecular complexity index is 586. The molecule has 92 valence electrons. The van der Waals surface area contributed by atoms with Gasteiger partial charge in [-0.3, -0.25) is 19.7 Å². The maximum absolute atomic E-state index is 11.6. The predicted octanol–water partition coefficient (Wildman–Crippen LogP) is 1.64. The average Bonchev–Trinajstić information content (AvgIpc) is 2.60. The van der Waals surface area contributed by atoms with Crippen molar-refractivity contribution in [1.29, 1.82) is 0 Å². The molecule has 0 spiro atoms. The third kappa shape index (κ3) is 1.67. The molecule has 0 atom stereocenters. The molecule has 2 rings (SSSR count). The molecule has 0 aromatic heterocycles. The third-order valence-electron chi connectivity index (χ3n) is 2.83. The minimum Gasteiger partial charge on any atom is -0.269 e. The van der Waals surface area contributed by atoms with Crippen molar-refractivity contribution in [3.8, 4) is 0 Å². The van der Waals surface area contributed by atoms with E-state index in [1.807, 2.05) is 0 Å². The quantitative estimate of drug-likeness (QED) is 0.451. The Morgan fingerprint density at radius 2 is 1.67 bits per heavy atom. The van der Waals surface area contributed by atoms with Crippen LogP contribution in [0.3, 0.4) is 0 Å². The Morgan fingerprint density at radius 1 is 1.11 bits per heavy atom. The van der Waals surface area contributed by atoms with Crippen molar-refractivity contribution < 1.29 is 14.5 Å². The monoisotopic (exact) mass is 246 g/mol. The zero-order valence-electron chi connectivity index (χ0n) is 9.84. The van der Waals surface area contributed by atoms with Gasteiger partial charge in [0, 0.05) is 18.2 Å². The summed E-state index contributed by atoms with van der Waals surface area (Å²) in [5, 5.41) is 10.9. The summed E-state index contributed by atoms with van der Waals surface area (Å²) in [6.45, 7) is 3.23. The number of nitrogens with zero attached hydrogens (tertiary/aromatic N) is 2. The molecule has 0 fully saturated rings. The number of hydrogen-bond acceptors (Lipinski definition) is 4. The molecule has 1 aromatic carbocycles. The maximum Gasteiger partial charge on any atom is 0.274 e. The number of rotatable bonds is 2. The van der Waals surface area contributed by atoms with E-state index in [0.29, 0.717) is 16.8 Å². The van der Waals surface area contributed by atoms with Crippen molar-refractivity contribution in [2.45, 2.75) is 13.8 Å². The lowest BCUT2D eigenvalue weighted by molar-refractivity contribution is -0.385. The first-order chi connectivity index (χ1) is 8.43. The van der Waals surface area contributed by atoms with Crippen LogP contribution in [0.5, 0.6) is 0 Å². The molecule has 1 heterocycles. The Kier molecular flexibility index (Phi) is 2.70. The molecule has 0 unspecified atom stereocenters. The van der Waals surface area contributed by atoms with Gasteiger partial charge >= 0.3 is 0 Å². The highest BCUT2D eigenvalue weighted by atomic mass is 16.6. The molecule has 0 aliphatic carbocycles. The van der Waals surface area contributed by atoms with Gasteiger partial charge in [-0.1, -0.05) is 6.07 Å². The molecule has 0 bridgehead atoms. The van der Waals surface area contributed by atoms with Crippen molar-refractivity contribution >= 4 is 23.2 Å². The molecule has 1 aliphatic rings. The van der Waals surface area contributed by atoms with Crippen LogP contribution in [0.4, 0.5) is 11.4 Å². The molecule has 6 heteroatoms. The van der Waals surface area contributed by atoms with E-state index in [4.69, 9.17) is 0 Å². The highest BCUT2D eigenvalue weighted by Crippen LogP contribution is 2.33. The highest BCUT2D eigenvalue weighted by Gasteiger charge is 2.30. The highest BCUT2D eigenvalue weighted by molar-refractivity contribution is 6.28. The summed E-state index contributed by atoms with van der Waals surface area (Å²) >= 11 is 0. The van der Waals surface area contributed by atoms with E-state index in [-0.39, 0.29) is 5.69 Å². The van der Waals surface area contributed by atoms with E-state index in [1.54, 1.807) is 6.92 Å². The van der Waals surface area contributed by atoms with E-state index in [2.05, 4.69) is 0 Å². The van der Waals surface area contributed by atoms with Crippen LogP contribution in [-0.2, 0) is 9.59 Å². The van der Waals surface area contributed by atoms with E-state index < -0.39 is 16.7 Å². The molecule has 18 heavy (non-hydrogen) atoms. The third-order valence-corrected chi connectivity index (χ3v) is 2.83. The van der Waals surface area contributed by atoms with Gasteiger partial charge in [-0.25, -0.2) is 4.90 Å². The first kappa shape index (κ1) is 12.0. The Hall–Kier alpha value is -2.50. The minimum atomic E-state index is -0.531. The fourth-order valence-corrected chi connectivity index (χ4v) is 1.99. The van der Waals surface area contributed by atoms with Crippen LogP contribution in [-0.4, -0.2) is 16.7 Å². The van der Waals surface area contributed by atoms with Crippen molar-refractivity contribution in [2.24, 2.45) is 0 Å². The number of carbonyl (C=O) groups excluding carboxylic acids is 2. The summed E-state index contributed by atoms with van der Waals surface area (Å²) in [6.07, 6.45) is 2.31. The van der Waals surface area contributed by atoms with Gasteiger partial charge in [0.2, 0.25) is 0 Å². The van der Waals surface area contributed by atoms with Crippen LogP contribution in [0.2, 0.25) is 0 Å². The second kappa shape index (κ2) is 4.06. The number of imide groups is 1. The standard InChI is InChI=1S/C12H10N2O4/c1-7-3-4-9(14(17)18)8(2)12(7)13-10(15)5-6-11(13)16/h3-6H,1-2H3. The summed E-state index contributed by atoms with van der Waals surface area (Å²) in [4.78, 5) is 34.5. The van der Waals surface area contributed by atoms with Crippen molar-refractivity contribution in [3.05, 3.63) is 45.5 Å². The minimum absolute atomic E-state index is 0.108. The molecule has 0 N–H and O–H groups in total. The Morgan fingerprint density at radius 3 is 2.17 bits per heavy atom. The number of nitro benzene ring substituents is 1. The summed E-state index contributed by atoms with van der Waals surface area (Å²) < 4.78 is 0. The van der Waals surface area contributed by atoms with Crippen LogP contribution in [0.15, 0.2) is 24.3 Å². The van der Waals surface area contributed by atoms with Gasteiger partial charge in [-0.05, 0) is 19.4 Å². The predicted molar refractivity (Wildman–Crippen MR) is 64.2 cm³/mol. The number of nitro groups is 1. The number of hydrogen-bond donors (Lipinski definition) is 0. The van der Waals surface area contributed by atoms with Crippen molar-refractivity contribution in [1.82, 2.24) is 0 Å². The summed E-state index contributed by atoms with van der Waals surface area (Å²) in [5.41, 5.74) is 1.14. The summed E-state index contributed by atoms with van der Waals surface area (Å²) in [6, 6.07) is 2.89. The van der Waals surface area contributed by atoms with Crippen molar-refractivity contribution in [2.75, 3.05) is 4.90 Å². The summed E-state index contributed by atoms with van der Waals surface area (Å²) in [7, 11) is 0. The zero-order valence-corrected chi connectivity index (χ0v) is 9.84. The molecule has 0 radical (unpaired) electrons. The molecule has 2 amide bonds. The topological polar surface area (TPSA) is 80.5 Å². The van der Waals surface area contributed by atoms with Crippen molar-refractivity contribution in [3.63, 3.8) is 0 Å². The van der Waals surface area contributed by atoms with Gasteiger partial charge < -0.3 is 0 Å². The molecule has 0 saturated carbocycles. The van der Waals surface area contributed by atoms with E-state index in [9.17, 15) is 19.7 Å². The number of carbonyl (C=O) groups is 2. The molecular formula is C12H10N2O4. The number of anilines is 1. The van der Waals surface area contributed by atoms with E-state index in [1.165, 1.54) is 19.1 Å². The van der Waals surface area contributed by atoms with Gasteiger partial charge in [0.15, 0.2) is 0 Å². The molecule has 1 aromatic rings. The fourth-order valence-electron chi connectivity index (χ4n) is 1.99. The van der Waals surface area contributed by atoms with Gasteiger partial charge in [0.25, 0.3) is 17.5 Å².